The van der Waals surface area contributed by atoms with Crippen LogP contribution in [0.3, 0.4) is 0 Å². The van der Waals surface area contributed by atoms with Crippen molar-refractivity contribution in [2.24, 2.45) is 0 Å². The molecular formula is C14H16N2O3S. The molecule has 1 aromatic rings. The summed E-state index contributed by atoms with van der Waals surface area (Å²) in [7, 11) is 0. The van der Waals surface area contributed by atoms with E-state index < -0.39 is 5.97 Å². The molecule has 1 aliphatic rings. The number of hydrogen-bond donors (Lipinski definition) is 2. The van der Waals surface area contributed by atoms with Gasteiger partial charge < -0.3 is 10.4 Å². The van der Waals surface area contributed by atoms with Crippen molar-refractivity contribution in [2.75, 3.05) is 5.32 Å². The molecule has 6 heteroatoms. The first-order chi connectivity index (χ1) is 9.52. The van der Waals surface area contributed by atoms with Crippen LogP contribution in [0.2, 0.25) is 0 Å². The van der Waals surface area contributed by atoms with Crippen LogP contribution in [-0.4, -0.2) is 17.0 Å². The first-order valence-corrected chi connectivity index (χ1v) is 7.42. The second kappa shape index (κ2) is 6.06. The molecule has 0 unspecified atom stereocenters. The van der Waals surface area contributed by atoms with E-state index in [0.717, 1.165) is 24.8 Å². The van der Waals surface area contributed by atoms with Gasteiger partial charge in [-0.1, -0.05) is 6.92 Å². The highest BCUT2D eigenvalue weighted by Gasteiger charge is 2.26. The number of nitrogens with zero attached hydrogens (tertiary/aromatic N) is 1. The lowest BCUT2D eigenvalue weighted by molar-refractivity contribution is -0.138. The van der Waals surface area contributed by atoms with E-state index in [4.69, 9.17) is 5.11 Å². The number of nitriles is 1. The number of aliphatic carboxylic acids is 1. The smallest absolute Gasteiger partial charge is 0.303 e. The maximum atomic E-state index is 11.7. The number of aryl methyl sites for hydroxylation is 1. The van der Waals surface area contributed by atoms with E-state index >= 15 is 0 Å². The van der Waals surface area contributed by atoms with E-state index in [0.29, 0.717) is 16.5 Å². The molecule has 0 aromatic carbocycles. The number of carbonyl (C=O) groups excluding carboxylic acids is 1. The number of carbonyl (C=O) groups is 2. The van der Waals surface area contributed by atoms with Crippen molar-refractivity contribution in [3.8, 4) is 6.07 Å². The first kappa shape index (κ1) is 14.5. The van der Waals surface area contributed by atoms with Gasteiger partial charge in [0, 0.05) is 11.3 Å². The fourth-order valence-corrected chi connectivity index (χ4v) is 3.85. The molecule has 0 aliphatic heterocycles. The summed E-state index contributed by atoms with van der Waals surface area (Å²) in [6.45, 7) is 2.10. The standard InChI is InChI=1S/C14H16N2O3S/c1-8-3-2-4-10-13(8)9(7-15)14(20-10)16-11(17)5-6-12(18)19/h8H,2-6H2,1H3,(H,16,17)(H,18,19)/t8-/m0/s1. The average Bonchev–Trinajstić information content (AvgIpc) is 2.75. The van der Waals surface area contributed by atoms with Gasteiger partial charge in [-0.05, 0) is 30.7 Å². The van der Waals surface area contributed by atoms with E-state index in [1.165, 1.54) is 16.2 Å². The number of fused-ring (bicyclic) bond motifs is 1. The second-order valence-electron chi connectivity index (χ2n) is 4.99. The maximum Gasteiger partial charge on any atom is 0.303 e. The summed E-state index contributed by atoms with van der Waals surface area (Å²) in [6, 6.07) is 2.18. The third kappa shape index (κ3) is 2.99. The van der Waals surface area contributed by atoms with Gasteiger partial charge in [0.2, 0.25) is 5.91 Å². The van der Waals surface area contributed by atoms with E-state index in [1.54, 1.807) is 0 Å². The SMILES string of the molecule is C[C@H]1CCCc2sc(NC(=O)CCC(=O)O)c(C#N)c21. The highest BCUT2D eigenvalue weighted by Crippen LogP contribution is 2.42. The number of anilines is 1. The number of carboxylic acids is 1. The third-order valence-electron chi connectivity index (χ3n) is 3.49. The zero-order valence-electron chi connectivity index (χ0n) is 11.2. The molecule has 1 heterocycles. The van der Waals surface area contributed by atoms with E-state index in [1.807, 2.05) is 0 Å². The zero-order chi connectivity index (χ0) is 14.7. The summed E-state index contributed by atoms with van der Waals surface area (Å²) < 4.78 is 0. The molecular weight excluding hydrogens is 276 g/mol. The molecule has 20 heavy (non-hydrogen) atoms. The van der Waals surface area contributed by atoms with Crippen LogP contribution in [0.1, 0.15) is 54.5 Å². The molecule has 1 aromatic heterocycles. The van der Waals surface area contributed by atoms with Crippen molar-refractivity contribution in [1.82, 2.24) is 0 Å². The van der Waals surface area contributed by atoms with Crippen molar-refractivity contribution in [1.29, 1.82) is 5.26 Å². The van der Waals surface area contributed by atoms with E-state index in [-0.39, 0.29) is 18.7 Å². The largest absolute Gasteiger partial charge is 0.481 e. The fraction of sp³-hybridized carbons (Fsp3) is 0.500. The van der Waals surface area contributed by atoms with Crippen LogP contribution in [0, 0.1) is 11.3 Å². The van der Waals surface area contributed by atoms with Crippen LogP contribution >= 0.6 is 11.3 Å². The third-order valence-corrected chi connectivity index (χ3v) is 4.67. The average molecular weight is 292 g/mol. The molecule has 0 saturated heterocycles. The Balaban J connectivity index is 2.19. The number of rotatable bonds is 4. The van der Waals surface area contributed by atoms with Crippen molar-refractivity contribution >= 4 is 28.2 Å². The van der Waals surface area contributed by atoms with Crippen LogP contribution < -0.4 is 5.32 Å². The Morgan fingerprint density at radius 3 is 2.90 bits per heavy atom. The zero-order valence-corrected chi connectivity index (χ0v) is 12.0. The predicted molar refractivity (Wildman–Crippen MR) is 75.9 cm³/mol. The summed E-state index contributed by atoms with van der Waals surface area (Å²) in [5.74, 6) is -1.01. The molecule has 0 spiro atoms. The summed E-state index contributed by atoms with van der Waals surface area (Å²) >= 11 is 1.45. The van der Waals surface area contributed by atoms with Crippen LogP contribution in [0.4, 0.5) is 5.00 Å². The Morgan fingerprint density at radius 1 is 1.50 bits per heavy atom. The van der Waals surface area contributed by atoms with Crippen LogP contribution in [-0.2, 0) is 16.0 Å². The lowest BCUT2D eigenvalue weighted by atomic mass is 9.87. The molecule has 1 amide bonds. The van der Waals surface area contributed by atoms with Gasteiger partial charge in [-0.15, -0.1) is 11.3 Å². The van der Waals surface area contributed by atoms with Gasteiger partial charge >= 0.3 is 5.97 Å². The predicted octanol–water partition coefficient (Wildman–Crippen LogP) is 2.86. The minimum absolute atomic E-state index is 0.0711. The lowest BCUT2D eigenvalue weighted by Gasteiger charge is -2.18. The van der Waals surface area contributed by atoms with Crippen molar-refractivity contribution < 1.29 is 14.7 Å². The Morgan fingerprint density at radius 2 is 2.25 bits per heavy atom. The molecule has 1 atom stereocenters. The lowest BCUT2D eigenvalue weighted by Crippen LogP contribution is -2.13. The molecule has 2 N–H and O–H groups in total. The summed E-state index contributed by atoms with van der Waals surface area (Å²) in [5, 5.41) is 21.1. The summed E-state index contributed by atoms with van der Waals surface area (Å²) in [6.07, 6.45) is 2.84. The molecule has 0 saturated carbocycles. The summed E-state index contributed by atoms with van der Waals surface area (Å²) in [5.41, 5.74) is 1.62. The number of nitrogens with one attached hydrogen (secondary N) is 1. The van der Waals surface area contributed by atoms with Gasteiger partial charge in [0.25, 0.3) is 0 Å². The van der Waals surface area contributed by atoms with Gasteiger partial charge in [0.05, 0.1) is 12.0 Å². The van der Waals surface area contributed by atoms with Gasteiger partial charge in [-0.25, -0.2) is 0 Å². The first-order valence-electron chi connectivity index (χ1n) is 6.60. The quantitative estimate of drug-likeness (QED) is 0.892. The highest BCUT2D eigenvalue weighted by molar-refractivity contribution is 7.16. The molecule has 0 fully saturated rings. The van der Waals surface area contributed by atoms with E-state index in [2.05, 4.69) is 18.3 Å². The van der Waals surface area contributed by atoms with Gasteiger partial charge in [-0.2, -0.15) is 5.26 Å². The Kier molecular flexibility index (Phi) is 4.40. The minimum atomic E-state index is -1.00. The Hall–Kier alpha value is -1.87. The van der Waals surface area contributed by atoms with Crippen molar-refractivity contribution in [2.45, 2.75) is 44.9 Å². The Bertz CT molecular complexity index is 586. The number of amides is 1. The van der Waals surface area contributed by atoms with Gasteiger partial charge in [-0.3, -0.25) is 9.59 Å². The van der Waals surface area contributed by atoms with Crippen LogP contribution in [0.15, 0.2) is 0 Å². The van der Waals surface area contributed by atoms with Gasteiger partial charge in [0.15, 0.2) is 0 Å². The molecule has 0 radical (unpaired) electrons. The van der Waals surface area contributed by atoms with Crippen molar-refractivity contribution in [3.63, 3.8) is 0 Å². The van der Waals surface area contributed by atoms with Crippen LogP contribution in [0.5, 0.6) is 0 Å². The Labute approximate surface area is 121 Å². The van der Waals surface area contributed by atoms with Crippen molar-refractivity contribution in [3.05, 3.63) is 16.0 Å². The second-order valence-corrected chi connectivity index (χ2v) is 6.10. The van der Waals surface area contributed by atoms with Gasteiger partial charge in [0.1, 0.15) is 11.1 Å². The number of carboxylic acid groups (broad SMARTS) is 1. The molecule has 5 nitrogen and oxygen atoms in total. The number of thiophene rings is 1. The normalized spacial score (nSPS) is 17.1. The number of hydrogen-bond acceptors (Lipinski definition) is 4. The minimum Gasteiger partial charge on any atom is -0.481 e. The highest BCUT2D eigenvalue weighted by atomic mass is 32.1. The summed E-state index contributed by atoms with van der Waals surface area (Å²) in [4.78, 5) is 23.3. The maximum absolute atomic E-state index is 11.7. The fourth-order valence-electron chi connectivity index (χ4n) is 2.52. The molecule has 106 valence electrons. The molecule has 2 rings (SSSR count). The van der Waals surface area contributed by atoms with E-state index in [9.17, 15) is 14.9 Å². The molecule has 1 aliphatic carbocycles. The molecule has 0 bridgehead atoms. The topological polar surface area (TPSA) is 90.2 Å². The monoisotopic (exact) mass is 292 g/mol. The van der Waals surface area contributed by atoms with Crippen LogP contribution in [0.25, 0.3) is 0 Å².